The molecule has 3 N–H and O–H groups in total. The Labute approximate surface area is 112 Å². The molecule has 0 bridgehead atoms. The molecule has 2 unspecified atom stereocenters. The second kappa shape index (κ2) is 7.46. The molecular weight excluding hydrogens is 248 g/mol. The Morgan fingerprint density at radius 2 is 1.78 bits per heavy atom. The highest BCUT2D eigenvalue weighted by Crippen LogP contribution is 2.28. The van der Waals surface area contributed by atoms with Crippen molar-refractivity contribution in [3.63, 3.8) is 0 Å². The van der Waals surface area contributed by atoms with Gasteiger partial charge in [0, 0.05) is 12.6 Å². The van der Waals surface area contributed by atoms with Crippen molar-refractivity contribution in [3.05, 3.63) is 0 Å². The Morgan fingerprint density at radius 3 is 2.22 bits per heavy atom. The largest absolute Gasteiger partial charge is 0.329 e. The molecule has 5 heteroatoms. The van der Waals surface area contributed by atoms with Crippen molar-refractivity contribution in [1.82, 2.24) is 4.72 Å². The summed E-state index contributed by atoms with van der Waals surface area (Å²) in [7, 11) is -3.26. The van der Waals surface area contributed by atoms with E-state index in [0.29, 0.717) is 12.3 Å². The standard InChI is InChI=1S/C13H28N2O2S/c1-3-12(10-14)18(16,17)15-13(4-2)11-8-6-5-7-9-11/h11-13,15H,3-10,14H2,1-2H3. The van der Waals surface area contributed by atoms with Crippen LogP contribution in [-0.2, 0) is 10.0 Å². The summed E-state index contributed by atoms with van der Waals surface area (Å²) < 4.78 is 27.3. The van der Waals surface area contributed by atoms with Gasteiger partial charge in [0.1, 0.15) is 0 Å². The molecular formula is C13H28N2O2S. The van der Waals surface area contributed by atoms with E-state index >= 15 is 0 Å². The van der Waals surface area contributed by atoms with Crippen molar-refractivity contribution in [2.45, 2.75) is 70.1 Å². The van der Waals surface area contributed by atoms with Crippen LogP contribution < -0.4 is 10.5 Å². The molecule has 1 saturated carbocycles. The zero-order chi connectivity index (χ0) is 13.6. The fourth-order valence-corrected chi connectivity index (χ4v) is 4.54. The highest BCUT2D eigenvalue weighted by Gasteiger charge is 2.29. The molecule has 4 nitrogen and oxygen atoms in total. The summed E-state index contributed by atoms with van der Waals surface area (Å²) >= 11 is 0. The average Bonchev–Trinajstić information content (AvgIpc) is 2.38. The van der Waals surface area contributed by atoms with Gasteiger partial charge in [0.15, 0.2) is 0 Å². The van der Waals surface area contributed by atoms with Gasteiger partial charge in [-0.3, -0.25) is 0 Å². The molecule has 1 fully saturated rings. The van der Waals surface area contributed by atoms with Crippen LogP contribution in [0.1, 0.15) is 58.8 Å². The Bertz CT molecular complexity index is 320. The summed E-state index contributed by atoms with van der Waals surface area (Å²) in [5, 5.41) is -0.449. The van der Waals surface area contributed by atoms with Gasteiger partial charge in [-0.1, -0.05) is 33.1 Å². The van der Waals surface area contributed by atoms with E-state index < -0.39 is 15.3 Å². The van der Waals surface area contributed by atoms with Gasteiger partial charge in [-0.15, -0.1) is 0 Å². The summed E-state index contributed by atoms with van der Waals surface area (Å²) in [6.07, 6.45) is 7.51. The average molecular weight is 276 g/mol. The van der Waals surface area contributed by atoms with Crippen molar-refractivity contribution >= 4 is 10.0 Å². The van der Waals surface area contributed by atoms with Crippen LogP contribution in [0.5, 0.6) is 0 Å². The van der Waals surface area contributed by atoms with Crippen LogP contribution in [0.3, 0.4) is 0 Å². The number of hydrogen-bond acceptors (Lipinski definition) is 3. The molecule has 0 heterocycles. The first-order valence-electron chi connectivity index (χ1n) is 7.26. The van der Waals surface area contributed by atoms with Gasteiger partial charge in [0.05, 0.1) is 5.25 Å². The summed E-state index contributed by atoms with van der Waals surface area (Å²) in [6.45, 7) is 4.14. The molecule has 0 amide bonds. The quantitative estimate of drug-likeness (QED) is 0.747. The molecule has 1 aliphatic rings. The Hall–Kier alpha value is -0.130. The van der Waals surface area contributed by atoms with Crippen LogP contribution in [0.4, 0.5) is 0 Å². The third-order valence-electron chi connectivity index (χ3n) is 4.13. The Kier molecular flexibility index (Phi) is 6.60. The first-order valence-corrected chi connectivity index (χ1v) is 8.81. The molecule has 0 aromatic carbocycles. The van der Waals surface area contributed by atoms with E-state index in [1.54, 1.807) is 0 Å². The van der Waals surface area contributed by atoms with E-state index in [4.69, 9.17) is 5.73 Å². The van der Waals surface area contributed by atoms with Crippen molar-refractivity contribution in [1.29, 1.82) is 0 Å². The summed E-state index contributed by atoms with van der Waals surface area (Å²) in [5.74, 6) is 0.508. The van der Waals surface area contributed by atoms with Crippen molar-refractivity contribution in [2.75, 3.05) is 6.54 Å². The van der Waals surface area contributed by atoms with Gasteiger partial charge in [-0.05, 0) is 31.6 Å². The monoisotopic (exact) mass is 276 g/mol. The lowest BCUT2D eigenvalue weighted by Crippen LogP contribution is -2.46. The van der Waals surface area contributed by atoms with Crippen LogP contribution in [0.2, 0.25) is 0 Å². The third kappa shape index (κ3) is 4.21. The molecule has 108 valence electrons. The van der Waals surface area contributed by atoms with E-state index in [1.807, 2.05) is 6.92 Å². The first-order chi connectivity index (χ1) is 8.55. The normalized spacial score (nSPS) is 21.7. The zero-order valence-corrected chi connectivity index (χ0v) is 12.5. The van der Waals surface area contributed by atoms with E-state index in [2.05, 4.69) is 11.6 Å². The lowest BCUT2D eigenvalue weighted by molar-refractivity contribution is 0.284. The van der Waals surface area contributed by atoms with Gasteiger partial charge >= 0.3 is 0 Å². The van der Waals surface area contributed by atoms with Crippen molar-refractivity contribution in [2.24, 2.45) is 11.7 Å². The third-order valence-corrected chi connectivity index (χ3v) is 6.17. The molecule has 1 rings (SSSR count). The number of nitrogens with one attached hydrogen (secondary N) is 1. The van der Waals surface area contributed by atoms with E-state index in [1.165, 1.54) is 19.3 Å². The maximum absolute atomic E-state index is 12.2. The number of rotatable bonds is 7. The first kappa shape index (κ1) is 15.9. The lowest BCUT2D eigenvalue weighted by Gasteiger charge is -2.31. The minimum absolute atomic E-state index is 0.0934. The number of hydrogen-bond donors (Lipinski definition) is 2. The van der Waals surface area contributed by atoms with Crippen LogP contribution in [0.15, 0.2) is 0 Å². The Balaban J connectivity index is 2.66. The fourth-order valence-electron chi connectivity index (χ4n) is 2.87. The topological polar surface area (TPSA) is 72.2 Å². The molecule has 0 saturated heterocycles. The number of sulfonamides is 1. The van der Waals surface area contributed by atoms with E-state index in [9.17, 15) is 8.42 Å². The number of nitrogens with two attached hydrogens (primary N) is 1. The van der Waals surface area contributed by atoms with Gasteiger partial charge in [0.25, 0.3) is 0 Å². The summed E-state index contributed by atoms with van der Waals surface area (Å²) in [4.78, 5) is 0. The smallest absolute Gasteiger partial charge is 0.215 e. The summed E-state index contributed by atoms with van der Waals surface area (Å²) in [5.41, 5.74) is 5.55. The molecule has 0 spiro atoms. The molecule has 0 aromatic heterocycles. The van der Waals surface area contributed by atoms with Gasteiger partial charge in [0.2, 0.25) is 10.0 Å². The maximum Gasteiger partial charge on any atom is 0.215 e. The molecule has 0 radical (unpaired) electrons. The predicted molar refractivity (Wildman–Crippen MR) is 75.8 cm³/mol. The van der Waals surface area contributed by atoms with Crippen LogP contribution in [0, 0.1) is 5.92 Å². The SMILES string of the molecule is CCC(NS(=O)(=O)C(CC)CN)C1CCCCC1. The highest BCUT2D eigenvalue weighted by atomic mass is 32.2. The van der Waals surface area contributed by atoms with Gasteiger partial charge in [-0.25, -0.2) is 13.1 Å². The minimum Gasteiger partial charge on any atom is -0.329 e. The fraction of sp³-hybridized carbons (Fsp3) is 1.00. The van der Waals surface area contributed by atoms with Gasteiger partial charge in [-0.2, -0.15) is 0 Å². The maximum atomic E-state index is 12.2. The molecule has 0 aliphatic heterocycles. The molecule has 1 aliphatic carbocycles. The Morgan fingerprint density at radius 1 is 1.17 bits per heavy atom. The second-order valence-electron chi connectivity index (χ2n) is 5.34. The second-order valence-corrected chi connectivity index (χ2v) is 7.33. The van der Waals surface area contributed by atoms with Crippen molar-refractivity contribution in [3.8, 4) is 0 Å². The van der Waals surface area contributed by atoms with E-state index in [0.717, 1.165) is 19.3 Å². The summed E-state index contributed by atoms with van der Waals surface area (Å²) in [6, 6.07) is 0.0934. The highest BCUT2D eigenvalue weighted by molar-refractivity contribution is 7.90. The molecule has 18 heavy (non-hydrogen) atoms. The molecule has 2 atom stereocenters. The lowest BCUT2D eigenvalue weighted by atomic mass is 9.83. The van der Waals surface area contributed by atoms with Crippen molar-refractivity contribution < 1.29 is 8.42 Å². The zero-order valence-electron chi connectivity index (χ0n) is 11.7. The minimum atomic E-state index is -3.26. The van der Waals surface area contributed by atoms with E-state index in [-0.39, 0.29) is 12.6 Å². The van der Waals surface area contributed by atoms with Crippen LogP contribution in [0.25, 0.3) is 0 Å². The van der Waals surface area contributed by atoms with Gasteiger partial charge < -0.3 is 5.73 Å². The van der Waals surface area contributed by atoms with Crippen LogP contribution in [-0.4, -0.2) is 26.3 Å². The predicted octanol–water partition coefficient (Wildman–Crippen LogP) is 2.00. The molecule has 0 aromatic rings. The van der Waals surface area contributed by atoms with Crippen LogP contribution >= 0.6 is 0 Å².